The Morgan fingerprint density at radius 2 is 1.92 bits per heavy atom. The minimum atomic E-state index is -0.120. The van der Waals surface area contributed by atoms with Crippen LogP contribution in [0, 0.1) is 34.5 Å². The van der Waals surface area contributed by atoms with Crippen LogP contribution in [0.25, 0.3) is 5.57 Å². The number of rotatable bonds is 1. The molecule has 1 aromatic rings. The fourth-order valence-corrected chi connectivity index (χ4v) is 7.38. The molecule has 4 aliphatic carbocycles. The third-order valence-corrected chi connectivity index (χ3v) is 8.78. The fraction of sp³-hybridized carbons (Fsp3) is 0.667. The summed E-state index contributed by atoms with van der Waals surface area (Å²) in [6.07, 6.45) is 13.5. The van der Waals surface area contributed by atoms with Gasteiger partial charge in [0.25, 0.3) is 0 Å². The highest BCUT2D eigenvalue weighted by atomic mass is 16.3. The van der Waals surface area contributed by atoms with Crippen molar-refractivity contribution in [1.82, 2.24) is 0 Å². The summed E-state index contributed by atoms with van der Waals surface area (Å²) >= 11 is 0. The molecule has 0 bridgehead atoms. The molecule has 2 fully saturated rings. The predicted molar refractivity (Wildman–Crippen MR) is 104 cm³/mol. The van der Waals surface area contributed by atoms with Crippen molar-refractivity contribution in [2.45, 2.75) is 65.4 Å². The molecule has 0 amide bonds. The summed E-state index contributed by atoms with van der Waals surface area (Å²) in [6, 6.07) is 4.16. The van der Waals surface area contributed by atoms with Crippen LogP contribution in [0.3, 0.4) is 0 Å². The Morgan fingerprint density at radius 1 is 1.12 bits per heavy atom. The van der Waals surface area contributed by atoms with Crippen molar-refractivity contribution in [1.29, 1.82) is 0 Å². The van der Waals surface area contributed by atoms with Gasteiger partial charge in [-0.3, -0.25) is 0 Å². The fourth-order valence-electron chi connectivity index (χ4n) is 7.38. The van der Waals surface area contributed by atoms with Gasteiger partial charge in [0.2, 0.25) is 0 Å². The minimum absolute atomic E-state index is 0.120. The lowest BCUT2D eigenvalue weighted by atomic mass is 9.45. The summed E-state index contributed by atoms with van der Waals surface area (Å²) in [5.41, 5.74) is 3.58. The van der Waals surface area contributed by atoms with E-state index in [4.69, 9.17) is 4.42 Å². The van der Waals surface area contributed by atoms with Crippen LogP contribution in [0.1, 0.15) is 65.1 Å². The second kappa shape index (κ2) is 5.61. The zero-order chi connectivity index (χ0) is 18.1. The van der Waals surface area contributed by atoms with E-state index in [0.29, 0.717) is 11.3 Å². The Labute approximate surface area is 157 Å². The van der Waals surface area contributed by atoms with Crippen LogP contribution in [0.2, 0.25) is 0 Å². The summed E-state index contributed by atoms with van der Waals surface area (Å²) < 4.78 is 5.80. The molecule has 0 spiro atoms. The molecule has 1 N–H and O–H groups in total. The molecule has 4 aliphatic rings. The van der Waals surface area contributed by atoms with E-state index in [1.807, 2.05) is 12.3 Å². The van der Waals surface area contributed by atoms with Crippen molar-refractivity contribution in [3.63, 3.8) is 0 Å². The van der Waals surface area contributed by atoms with E-state index < -0.39 is 0 Å². The number of hydrogen-bond donors (Lipinski definition) is 1. The molecule has 0 radical (unpaired) electrons. The molecule has 7 atom stereocenters. The van der Waals surface area contributed by atoms with Gasteiger partial charge in [0.15, 0.2) is 0 Å². The molecule has 26 heavy (non-hydrogen) atoms. The highest BCUT2D eigenvalue weighted by Gasteiger charge is 2.58. The zero-order valence-corrected chi connectivity index (χ0v) is 16.4. The Balaban J connectivity index is 1.52. The van der Waals surface area contributed by atoms with E-state index in [-0.39, 0.29) is 11.5 Å². The Hall–Kier alpha value is -1.28. The van der Waals surface area contributed by atoms with Crippen LogP contribution in [0.5, 0.6) is 0 Å². The van der Waals surface area contributed by atoms with E-state index in [1.165, 1.54) is 24.8 Å². The summed E-state index contributed by atoms with van der Waals surface area (Å²) in [6.45, 7) is 7.43. The smallest absolute Gasteiger partial charge is 0.130 e. The average Bonchev–Trinajstić information content (AvgIpc) is 3.23. The Morgan fingerprint density at radius 3 is 2.69 bits per heavy atom. The summed E-state index contributed by atoms with van der Waals surface area (Å²) in [7, 11) is 0. The number of hydrogen-bond acceptors (Lipinski definition) is 2. The first-order valence-electron chi connectivity index (χ1n) is 10.6. The van der Waals surface area contributed by atoms with Crippen molar-refractivity contribution in [3.05, 3.63) is 41.9 Å². The van der Waals surface area contributed by atoms with Crippen molar-refractivity contribution < 1.29 is 9.52 Å². The van der Waals surface area contributed by atoms with Gasteiger partial charge in [0.1, 0.15) is 5.76 Å². The largest absolute Gasteiger partial charge is 0.465 e. The van der Waals surface area contributed by atoms with E-state index in [2.05, 4.69) is 39.0 Å². The lowest BCUT2D eigenvalue weighted by Gasteiger charge is -2.59. The second-order valence-corrected chi connectivity index (χ2v) is 9.94. The molecule has 5 rings (SSSR count). The van der Waals surface area contributed by atoms with Crippen molar-refractivity contribution in [3.8, 4) is 0 Å². The van der Waals surface area contributed by atoms with Crippen LogP contribution in [0.4, 0.5) is 0 Å². The number of aliphatic hydroxyl groups excluding tert-OH is 1. The first kappa shape index (κ1) is 16.9. The van der Waals surface area contributed by atoms with Crippen LogP contribution in [-0.4, -0.2) is 11.2 Å². The highest BCUT2D eigenvalue weighted by molar-refractivity contribution is 5.69. The standard InChI is InChI=1S/C24H32O2/c1-15-13-16-14-17(25)8-10-23(16,2)20-9-11-24(3)18(21-5-4-12-26-21)6-7-19(24)22(15)20/h4-6,12-13,15,17,19-20,22,25H,7-11,14H2,1-3H3/t15-,17-,19-,20-,22-,23-,24+/m0/s1. The summed E-state index contributed by atoms with van der Waals surface area (Å²) in [5, 5.41) is 10.2. The maximum Gasteiger partial charge on any atom is 0.130 e. The molecule has 1 heterocycles. The lowest BCUT2D eigenvalue weighted by Crippen LogP contribution is -2.52. The molecule has 0 aliphatic heterocycles. The maximum absolute atomic E-state index is 10.2. The van der Waals surface area contributed by atoms with Crippen LogP contribution >= 0.6 is 0 Å². The molecule has 1 aromatic heterocycles. The number of fused-ring (bicyclic) bond motifs is 5. The molecule has 0 unspecified atom stereocenters. The van der Waals surface area contributed by atoms with Crippen molar-refractivity contribution in [2.75, 3.05) is 0 Å². The number of allylic oxidation sites excluding steroid dienone is 3. The molecule has 2 heteroatoms. The summed E-state index contributed by atoms with van der Waals surface area (Å²) in [5.74, 6) is 3.94. The molecule has 2 nitrogen and oxygen atoms in total. The third-order valence-electron chi connectivity index (χ3n) is 8.78. The Kier molecular flexibility index (Phi) is 3.64. The topological polar surface area (TPSA) is 33.4 Å². The Bertz CT molecular complexity index is 757. The first-order chi connectivity index (χ1) is 12.4. The van der Waals surface area contributed by atoms with Crippen molar-refractivity contribution >= 4 is 5.57 Å². The predicted octanol–water partition coefficient (Wildman–Crippen LogP) is 5.84. The van der Waals surface area contributed by atoms with E-state index in [9.17, 15) is 5.11 Å². The van der Waals surface area contributed by atoms with Crippen LogP contribution in [-0.2, 0) is 0 Å². The maximum atomic E-state index is 10.2. The number of furan rings is 1. The lowest BCUT2D eigenvalue weighted by molar-refractivity contribution is -0.0428. The summed E-state index contributed by atoms with van der Waals surface area (Å²) in [4.78, 5) is 0. The van der Waals surface area contributed by atoms with E-state index >= 15 is 0 Å². The molecule has 0 aromatic carbocycles. The SMILES string of the molecule is C[C@H]1C=C2C[C@@H](O)CC[C@]2(C)[C@H]2CC[C@]3(C)C(c4ccco4)=CC[C@H]3[C@H]12. The third kappa shape index (κ3) is 2.14. The molecule has 0 saturated heterocycles. The van der Waals surface area contributed by atoms with E-state index in [0.717, 1.165) is 42.8 Å². The van der Waals surface area contributed by atoms with Crippen LogP contribution in [0.15, 0.2) is 40.5 Å². The molecular formula is C24H32O2. The zero-order valence-electron chi connectivity index (χ0n) is 16.4. The molecule has 2 saturated carbocycles. The van der Waals surface area contributed by atoms with Crippen molar-refractivity contribution in [2.24, 2.45) is 34.5 Å². The van der Waals surface area contributed by atoms with Gasteiger partial charge in [-0.25, -0.2) is 0 Å². The van der Waals surface area contributed by atoms with Gasteiger partial charge in [-0.2, -0.15) is 0 Å². The second-order valence-electron chi connectivity index (χ2n) is 9.94. The van der Waals surface area contributed by atoms with Gasteiger partial charge in [-0.05, 0) is 90.7 Å². The average molecular weight is 353 g/mol. The normalized spacial score (nSPS) is 47.5. The number of aliphatic hydroxyl groups is 1. The quantitative estimate of drug-likeness (QED) is 0.644. The van der Waals surface area contributed by atoms with Crippen LogP contribution < -0.4 is 0 Å². The first-order valence-corrected chi connectivity index (χ1v) is 10.6. The van der Waals surface area contributed by atoms with Gasteiger partial charge in [-0.1, -0.05) is 38.5 Å². The van der Waals surface area contributed by atoms with Gasteiger partial charge in [0, 0.05) is 0 Å². The van der Waals surface area contributed by atoms with Gasteiger partial charge in [-0.15, -0.1) is 0 Å². The molecular weight excluding hydrogens is 320 g/mol. The van der Waals surface area contributed by atoms with Gasteiger partial charge in [0.05, 0.1) is 12.4 Å². The van der Waals surface area contributed by atoms with Gasteiger partial charge < -0.3 is 9.52 Å². The minimum Gasteiger partial charge on any atom is -0.465 e. The molecule has 140 valence electrons. The monoisotopic (exact) mass is 352 g/mol. The highest BCUT2D eigenvalue weighted by Crippen LogP contribution is 2.67. The van der Waals surface area contributed by atoms with Gasteiger partial charge >= 0.3 is 0 Å². The van der Waals surface area contributed by atoms with E-state index in [1.54, 1.807) is 5.57 Å².